The lowest BCUT2D eigenvalue weighted by Gasteiger charge is -2.14. The topological polar surface area (TPSA) is 35.5 Å². The number of hydrogen-bond donors (Lipinski definition) is 0. The van der Waals surface area contributed by atoms with Crippen molar-refractivity contribution in [1.82, 2.24) is 0 Å². The summed E-state index contributed by atoms with van der Waals surface area (Å²) in [6.45, 7) is 5.67. The standard InChI is InChI=1S/C13H14O3/c1-8-9(2)13(14)16-12(8)10-4-6-11(15-3)7-5-10/h4-8,12H,2H2,1,3H3/t8-,12+/m0/s1. The molecule has 0 aromatic heterocycles. The molecule has 0 aliphatic carbocycles. The minimum atomic E-state index is -0.298. The molecule has 1 aliphatic heterocycles. The first-order valence-electron chi connectivity index (χ1n) is 5.17. The minimum Gasteiger partial charge on any atom is -0.497 e. The van der Waals surface area contributed by atoms with Crippen LogP contribution in [0.25, 0.3) is 0 Å². The van der Waals surface area contributed by atoms with Gasteiger partial charge in [0, 0.05) is 11.5 Å². The van der Waals surface area contributed by atoms with Crippen molar-refractivity contribution in [3.8, 4) is 5.75 Å². The lowest BCUT2D eigenvalue weighted by molar-refractivity contribution is -0.139. The Morgan fingerprint density at radius 3 is 2.38 bits per heavy atom. The van der Waals surface area contributed by atoms with E-state index in [1.54, 1.807) is 7.11 Å². The van der Waals surface area contributed by atoms with E-state index in [0.29, 0.717) is 5.57 Å². The number of ether oxygens (including phenoxy) is 2. The SMILES string of the molecule is C=C1C(=O)O[C@@H](c2ccc(OC)cc2)[C@H]1C. The summed E-state index contributed by atoms with van der Waals surface area (Å²) in [5.41, 5.74) is 1.51. The molecule has 16 heavy (non-hydrogen) atoms. The predicted molar refractivity (Wildman–Crippen MR) is 60.1 cm³/mol. The average Bonchev–Trinajstić information content (AvgIpc) is 2.57. The van der Waals surface area contributed by atoms with E-state index in [2.05, 4.69) is 6.58 Å². The maximum absolute atomic E-state index is 11.3. The first kappa shape index (κ1) is 10.7. The number of benzene rings is 1. The van der Waals surface area contributed by atoms with Gasteiger partial charge in [0.1, 0.15) is 11.9 Å². The summed E-state index contributed by atoms with van der Waals surface area (Å²) >= 11 is 0. The Kier molecular flexibility index (Phi) is 2.69. The number of carbonyl (C=O) groups is 1. The van der Waals surface area contributed by atoms with Gasteiger partial charge in [0.15, 0.2) is 0 Å². The monoisotopic (exact) mass is 218 g/mol. The van der Waals surface area contributed by atoms with Crippen LogP contribution < -0.4 is 4.74 Å². The van der Waals surface area contributed by atoms with Crippen molar-refractivity contribution < 1.29 is 14.3 Å². The average molecular weight is 218 g/mol. The summed E-state index contributed by atoms with van der Waals surface area (Å²) in [5.74, 6) is 0.522. The molecular formula is C13H14O3. The van der Waals surface area contributed by atoms with Gasteiger partial charge in [0.05, 0.1) is 7.11 Å². The second kappa shape index (κ2) is 4.00. The van der Waals surface area contributed by atoms with Gasteiger partial charge in [0.2, 0.25) is 0 Å². The predicted octanol–water partition coefficient (Wildman–Crippen LogP) is 2.49. The quantitative estimate of drug-likeness (QED) is 0.565. The molecule has 0 spiro atoms. The zero-order valence-electron chi connectivity index (χ0n) is 9.40. The van der Waals surface area contributed by atoms with Crippen molar-refractivity contribution in [3.63, 3.8) is 0 Å². The molecule has 0 unspecified atom stereocenters. The van der Waals surface area contributed by atoms with Gasteiger partial charge in [-0.2, -0.15) is 0 Å². The Morgan fingerprint density at radius 2 is 1.94 bits per heavy atom. The van der Waals surface area contributed by atoms with E-state index in [0.717, 1.165) is 11.3 Å². The molecule has 1 fully saturated rings. The normalized spacial score (nSPS) is 24.4. The third-order valence-electron chi connectivity index (χ3n) is 2.94. The van der Waals surface area contributed by atoms with Crippen molar-refractivity contribution in [1.29, 1.82) is 0 Å². The fourth-order valence-corrected chi connectivity index (χ4v) is 1.81. The number of carbonyl (C=O) groups excluding carboxylic acids is 1. The highest BCUT2D eigenvalue weighted by Gasteiger charge is 2.36. The van der Waals surface area contributed by atoms with Gasteiger partial charge in [-0.1, -0.05) is 25.6 Å². The molecule has 1 aromatic carbocycles. The summed E-state index contributed by atoms with van der Waals surface area (Å²) in [6, 6.07) is 7.53. The van der Waals surface area contributed by atoms with E-state index in [4.69, 9.17) is 9.47 Å². The molecule has 0 radical (unpaired) electrons. The van der Waals surface area contributed by atoms with Crippen LogP contribution in [0, 0.1) is 5.92 Å². The first-order valence-corrected chi connectivity index (χ1v) is 5.17. The number of cyclic esters (lactones) is 1. The molecule has 3 nitrogen and oxygen atoms in total. The van der Waals surface area contributed by atoms with E-state index in [1.165, 1.54) is 0 Å². The van der Waals surface area contributed by atoms with E-state index in [-0.39, 0.29) is 18.0 Å². The van der Waals surface area contributed by atoms with Crippen molar-refractivity contribution in [2.24, 2.45) is 5.92 Å². The van der Waals surface area contributed by atoms with Crippen molar-refractivity contribution >= 4 is 5.97 Å². The molecule has 1 saturated heterocycles. The van der Waals surface area contributed by atoms with Crippen LogP contribution in [-0.4, -0.2) is 13.1 Å². The van der Waals surface area contributed by atoms with Crippen LogP contribution in [0.1, 0.15) is 18.6 Å². The zero-order valence-corrected chi connectivity index (χ0v) is 9.40. The molecule has 1 heterocycles. The van der Waals surface area contributed by atoms with Gasteiger partial charge >= 0.3 is 5.97 Å². The van der Waals surface area contributed by atoms with Gasteiger partial charge in [-0.3, -0.25) is 0 Å². The van der Waals surface area contributed by atoms with Crippen LogP contribution in [0.2, 0.25) is 0 Å². The summed E-state index contributed by atoms with van der Waals surface area (Å²) < 4.78 is 10.3. The first-order chi connectivity index (χ1) is 7.63. The number of hydrogen-bond acceptors (Lipinski definition) is 3. The van der Waals surface area contributed by atoms with Crippen molar-refractivity contribution in [2.75, 3.05) is 7.11 Å². The maximum Gasteiger partial charge on any atom is 0.334 e. The Bertz CT molecular complexity index is 419. The van der Waals surface area contributed by atoms with Gasteiger partial charge in [-0.25, -0.2) is 4.79 Å². The third kappa shape index (κ3) is 1.69. The van der Waals surface area contributed by atoms with Crippen LogP contribution in [0.4, 0.5) is 0 Å². The van der Waals surface area contributed by atoms with Crippen molar-refractivity contribution in [3.05, 3.63) is 42.0 Å². The summed E-state index contributed by atoms with van der Waals surface area (Å²) in [7, 11) is 1.62. The number of esters is 1. The molecular weight excluding hydrogens is 204 g/mol. The van der Waals surface area contributed by atoms with E-state index in [9.17, 15) is 4.79 Å². The number of methoxy groups -OCH3 is 1. The van der Waals surface area contributed by atoms with E-state index >= 15 is 0 Å². The minimum absolute atomic E-state index is 0.0286. The Morgan fingerprint density at radius 1 is 1.31 bits per heavy atom. The van der Waals surface area contributed by atoms with Crippen LogP contribution in [0.15, 0.2) is 36.4 Å². The molecule has 1 aromatic rings. The molecule has 3 heteroatoms. The maximum atomic E-state index is 11.3. The highest BCUT2D eigenvalue weighted by Crippen LogP contribution is 2.37. The summed E-state index contributed by atoms with van der Waals surface area (Å²) in [6.07, 6.45) is -0.217. The Labute approximate surface area is 94.7 Å². The van der Waals surface area contributed by atoms with E-state index in [1.807, 2.05) is 31.2 Å². The Hall–Kier alpha value is -1.77. The summed E-state index contributed by atoms with van der Waals surface area (Å²) in [5, 5.41) is 0. The van der Waals surface area contributed by atoms with Gasteiger partial charge in [-0.15, -0.1) is 0 Å². The van der Waals surface area contributed by atoms with Gasteiger partial charge < -0.3 is 9.47 Å². The smallest absolute Gasteiger partial charge is 0.334 e. The molecule has 0 saturated carbocycles. The molecule has 1 aliphatic rings. The number of rotatable bonds is 2. The Balaban J connectivity index is 2.25. The molecule has 0 bridgehead atoms. The molecule has 84 valence electrons. The molecule has 2 atom stereocenters. The molecule has 0 N–H and O–H groups in total. The van der Waals surface area contributed by atoms with Gasteiger partial charge in [0.25, 0.3) is 0 Å². The van der Waals surface area contributed by atoms with E-state index < -0.39 is 0 Å². The molecule has 0 amide bonds. The second-order valence-electron chi connectivity index (χ2n) is 3.91. The highest BCUT2D eigenvalue weighted by atomic mass is 16.6. The third-order valence-corrected chi connectivity index (χ3v) is 2.94. The zero-order chi connectivity index (χ0) is 11.7. The van der Waals surface area contributed by atoms with Crippen LogP contribution >= 0.6 is 0 Å². The lowest BCUT2D eigenvalue weighted by Crippen LogP contribution is -2.04. The molecule has 2 rings (SSSR count). The fourth-order valence-electron chi connectivity index (χ4n) is 1.81. The lowest BCUT2D eigenvalue weighted by atomic mass is 9.94. The largest absolute Gasteiger partial charge is 0.497 e. The summed E-state index contributed by atoms with van der Waals surface area (Å²) in [4.78, 5) is 11.3. The second-order valence-corrected chi connectivity index (χ2v) is 3.91. The van der Waals surface area contributed by atoms with Crippen LogP contribution in [0.3, 0.4) is 0 Å². The van der Waals surface area contributed by atoms with Crippen LogP contribution in [-0.2, 0) is 9.53 Å². The van der Waals surface area contributed by atoms with Crippen LogP contribution in [0.5, 0.6) is 5.75 Å². The van der Waals surface area contributed by atoms with Gasteiger partial charge in [-0.05, 0) is 17.7 Å². The highest BCUT2D eigenvalue weighted by molar-refractivity contribution is 5.90. The van der Waals surface area contributed by atoms with Crippen molar-refractivity contribution in [2.45, 2.75) is 13.0 Å². The fraction of sp³-hybridized carbons (Fsp3) is 0.308.